The lowest BCUT2D eigenvalue weighted by molar-refractivity contribution is 0.592. The van der Waals surface area contributed by atoms with Crippen LogP contribution in [0.3, 0.4) is 0 Å². The summed E-state index contributed by atoms with van der Waals surface area (Å²) in [7, 11) is 0. The van der Waals surface area contributed by atoms with Crippen molar-refractivity contribution in [3.63, 3.8) is 0 Å². The summed E-state index contributed by atoms with van der Waals surface area (Å²) in [6, 6.07) is 2.03. The number of nitrogens with zero attached hydrogens (tertiary/aromatic N) is 6. The molecular weight excluding hydrogens is 278 g/mol. The molecule has 3 rings (SSSR count). The molecule has 0 fully saturated rings. The number of aryl methyl sites for hydroxylation is 3. The summed E-state index contributed by atoms with van der Waals surface area (Å²) in [4.78, 5) is 17.5. The minimum atomic E-state index is -0.0127. The lowest BCUT2D eigenvalue weighted by Crippen LogP contribution is -2.15. The fourth-order valence-corrected chi connectivity index (χ4v) is 2.64. The van der Waals surface area contributed by atoms with Crippen molar-refractivity contribution in [3.05, 3.63) is 35.8 Å². The minimum Gasteiger partial charge on any atom is -0.360 e. The highest BCUT2D eigenvalue weighted by Crippen LogP contribution is 2.25. The Labute approximate surface area is 128 Å². The molecule has 1 N–H and O–H groups in total. The van der Waals surface area contributed by atoms with E-state index >= 15 is 0 Å². The van der Waals surface area contributed by atoms with Crippen molar-refractivity contribution < 1.29 is 0 Å². The number of hydrogen-bond donors (Lipinski definition) is 1. The first-order valence-electron chi connectivity index (χ1n) is 7.33. The number of fused-ring (bicyclic) bond motifs is 1. The number of rotatable bonds is 4. The van der Waals surface area contributed by atoms with Gasteiger partial charge < -0.3 is 5.32 Å². The van der Waals surface area contributed by atoms with Gasteiger partial charge in [-0.2, -0.15) is 5.10 Å². The molecule has 0 saturated carbocycles. The zero-order chi connectivity index (χ0) is 15.7. The van der Waals surface area contributed by atoms with Crippen LogP contribution in [0.1, 0.15) is 37.0 Å². The van der Waals surface area contributed by atoms with Gasteiger partial charge >= 0.3 is 0 Å². The lowest BCUT2D eigenvalue weighted by atomic mass is 10.1. The van der Waals surface area contributed by atoms with Crippen LogP contribution >= 0.6 is 0 Å². The van der Waals surface area contributed by atoms with E-state index in [1.54, 1.807) is 6.33 Å². The molecule has 3 heterocycles. The zero-order valence-electron chi connectivity index (χ0n) is 13.2. The molecule has 0 spiro atoms. The fourth-order valence-electron chi connectivity index (χ4n) is 2.64. The smallest absolute Gasteiger partial charge is 0.165 e. The van der Waals surface area contributed by atoms with Gasteiger partial charge in [-0.05, 0) is 39.3 Å². The molecule has 0 unspecified atom stereocenters. The molecule has 0 aliphatic heterocycles. The average molecular weight is 297 g/mol. The Morgan fingerprint density at radius 3 is 2.77 bits per heavy atom. The molecule has 0 saturated heterocycles. The second-order valence-electron chi connectivity index (χ2n) is 5.30. The highest BCUT2D eigenvalue weighted by molar-refractivity contribution is 5.89. The summed E-state index contributed by atoms with van der Waals surface area (Å²) in [5, 5.41) is 8.56. The van der Waals surface area contributed by atoms with Gasteiger partial charge in [-0.15, -0.1) is 0 Å². The number of aromatic nitrogens is 6. The van der Waals surface area contributed by atoms with Crippen LogP contribution in [0.15, 0.2) is 18.7 Å². The van der Waals surface area contributed by atoms with Gasteiger partial charge in [-0.1, -0.05) is 0 Å². The van der Waals surface area contributed by atoms with Gasteiger partial charge in [0.1, 0.15) is 24.3 Å². The monoisotopic (exact) mass is 297 g/mol. The molecule has 22 heavy (non-hydrogen) atoms. The standard InChI is InChI=1S/C15H19N7/c1-5-22-15(18-8-19-22)11(4)21-14-12-9(2)6-10(3)20-13(12)16-7-17-14/h6-8,11H,5H2,1-4H3,(H,16,17,20,21)/t11-/m0/s1. The molecular formula is C15H19N7. The van der Waals surface area contributed by atoms with E-state index in [0.717, 1.165) is 34.8 Å². The Morgan fingerprint density at radius 1 is 1.18 bits per heavy atom. The maximum absolute atomic E-state index is 4.48. The Balaban J connectivity index is 2.01. The molecule has 0 amide bonds. The largest absolute Gasteiger partial charge is 0.360 e. The molecule has 3 aromatic rings. The van der Waals surface area contributed by atoms with Crippen LogP contribution < -0.4 is 5.32 Å². The van der Waals surface area contributed by atoms with Crippen molar-refractivity contribution in [2.45, 2.75) is 40.3 Å². The molecule has 114 valence electrons. The van der Waals surface area contributed by atoms with Crippen LogP contribution in [0.25, 0.3) is 11.0 Å². The maximum Gasteiger partial charge on any atom is 0.165 e. The molecule has 3 aromatic heterocycles. The van der Waals surface area contributed by atoms with Crippen LogP contribution in [0.2, 0.25) is 0 Å². The van der Waals surface area contributed by atoms with Crippen LogP contribution in [0, 0.1) is 13.8 Å². The van der Waals surface area contributed by atoms with Gasteiger partial charge in [0.25, 0.3) is 0 Å². The first-order chi connectivity index (χ1) is 10.6. The van der Waals surface area contributed by atoms with Crippen molar-refractivity contribution in [1.82, 2.24) is 29.7 Å². The predicted octanol–water partition coefficient (Wildman–Crippen LogP) is 2.43. The van der Waals surface area contributed by atoms with Crippen LogP contribution in [-0.4, -0.2) is 29.7 Å². The molecule has 7 heteroatoms. The highest BCUT2D eigenvalue weighted by Gasteiger charge is 2.15. The Morgan fingerprint density at radius 2 is 2.00 bits per heavy atom. The van der Waals surface area contributed by atoms with E-state index in [0.29, 0.717) is 5.65 Å². The summed E-state index contributed by atoms with van der Waals surface area (Å²) in [6.45, 7) is 8.88. The zero-order valence-corrected chi connectivity index (χ0v) is 13.2. The summed E-state index contributed by atoms with van der Waals surface area (Å²) < 4.78 is 1.87. The summed E-state index contributed by atoms with van der Waals surface area (Å²) in [6.07, 6.45) is 3.11. The normalized spacial score (nSPS) is 12.5. The number of hydrogen-bond acceptors (Lipinski definition) is 6. The van der Waals surface area contributed by atoms with Crippen molar-refractivity contribution in [2.75, 3.05) is 5.32 Å². The molecule has 7 nitrogen and oxygen atoms in total. The lowest BCUT2D eigenvalue weighted by Gasteiger charge is -2.16. The van der Waals surface area contributed by atoms with Gasteiger partial charge in [0.05, 0.1) is 11.4 Å². The third-order valence-electron chi connectivity index (χ3n) is 3.61. The first-order valence-corrected chi connectivity index (χ1v) is 7.33. The maximum atomic E-state index is 4.48. The third-order valence-corrected chi connectivity index (χ3v) is 3.61. The van der Waals surface area contributed by atoms with Crippen molar-refractivity contribution in [3.8, 4) is 0 Å². The third kappa shape index (κ3) is 2.49. The Hall–Kier alpha value is -2.57. The fraction of sp³-hybridized carbons (Fsp3) is 0.400. The van der Waals surface area contributed by atoms with Crippen molar-refractivity contribution >= 4 is 16.9 Å². The molecule has 0 aliphatic carbocycles. The predicted molar refractivity (Wildman–Crippen MR) is 84.5 cm³/mol. The van der Waals surface area contributed by atoms with E-state index in [1.165, 1.54) is 6.33 Å². The summed E-state index contributed by atoms with van der Waals surface area (Å²) in [5.41, 5.74) is 2.77. The van der Waals surface area contributed by atoms with Crippen molar-refractivity contribution in [2.24, 2.45) is 0 Å². The van der Waals surface area contributed by atoms with E-state index < -0.39 is 0 Å². The topological polar surface area (TPSA) is 81.4 Å². The Bertz CT molecular complexity index is 809. The van der Waals surface area contributed by atoms with Gasteiger partial charge in [-0.3, -0.25) is 0 Å². The second-order valence-corrected chi connectivity index (χ2v) is 5.30. The van der Waals surface area contributed by atoms with E-state index in [2.05, 4.69) is 30.4 Å². The van der Waals surface area contributed by atoms with Crippen LogP contribution in [0.4, 0.5) is 5.82 Å². The molecule has 1 atom stereocenters. The highest BCUT2D eigenvalue weighted by atomic mass is 15.3. The first kappa shape index (κ1) is 14.4. The molecule has 0 radical (unpaired) electrons. The van der Waals surface area contributed by atoms with Crippen LogP contribution in [0.5, 0.6) is 0 Å². The minimum absolute atomic E-state index is 0.0127. The van der Waals surface area contributed by atoms with Gasteiger partial charge in [0.15, 0.2) is 5.65 Å². The van der Waals surface area contributed by atoms with E-state index in [-0.39, 0.29) is 6.04 Å². The van der Waals surface area contributed by atoms with Crippen LogP contribution in [-0.2, 0) is 6.54 Å². The van der Waals surface area contributed by atoms with Crippen molar-refractivity contribution in [1.29, 1.82) is 0 Å². The average Bonchev–Trinajstić information content (AvgIpc) is 2.95. The van der Waals surface area contributed by atoms with Gasteiger partial charge in [0, 0.05) is 12.2 Å². The number of nitrogens with one attached hydrogen (secondary N) is 1. The van der Waals surface area contributed by atoms with Gasteiger partial charge in [-0.25, -0.2) is 24.6 Å². The molecule has 0 bridgehead atoms. The molecule has 0 aromatic carbocycles. The van der Waals surface area contributed by atoms with E-state index in [9.17, 15) is 0 Å². The SMILES string of the molecule is CCn1ncnc1[C@H](C)Nc1ncnc2nc(C)cc(C)c12. The number of pyridine rings is 1. The van der Waals surface area contributed by atoms with Gasteiger partial charge in [0.2, 0.25) is 0 Å². The second kappa shape index (κ2) is 5.67. The summed E-state index contributed by atoms with van der Waals surface area (Å²) in [5.74, 6) is 1.65. The Kier molecular flexibility index (Phi) is 3.70. The number of anilines is 1. The van der Waals surface area contributed by atoms with E-state index in [4.69, 9.17) is 0 Å². The molecule has 0 aliphatic rings. The quantitative estimate of drug-likeness (QED) is 0.796. The van der Waals surface area contributed by atoms with E-state index in [1.807, 2.05) is 38.4 Å². The summed E-state index contributed by atoms with van der Waals surface area (Å²) >= 11 is 0.